The molecular formula is C19H13F3N4O5. The van der Waals surface area contributed by atoms with Crippen LogP contribution in [0.4, 0.5) is 13.2 Å². The Hall–Kier alpha value is -4.09. The maximum absolute atomic E-state index is 12.6. The molecule has 0 bridgehead atoms. The van der Waals surface area contributed by atoms with Crippen LogP contribution in [0, 0.1) is 0 Å². The molecule has 160 valence electrons. The van der Waals surface area contributed by atoms with Crippen molar-refractivity contribution in [1.82, 2.24) is 19.9 Å². The van der Waals surface area contributed by atoms with Crippen molar-refractivity contribution in [2.75, 3.05) is 0 Å². The topological polar surface area (TPSA) is 116 Å². The van der Waals surface area contributed by atoms with Gasteiger partial charge in [0.1, 0.15) is 5.75 Å². The number of hydrogen-bond donors (Lipinski definition) is 1. The molecule has 0 aliphatic carbocycles. The van der Waals surface area contributed by atoms with Gasteiger partial charge in [-0.1, -0.05) is 17.3 Å². The Labute approximate surface area is 170 Å². The predicted octanol–water partition coefficient (Wildman–Crippen LogP) is 2.83. The van der Waals surface area contributed by atoms with Gasteiger partial charge in [-0.05, 0) is 42.0 Å². The van der Waals surface area contributed by atoms with Gasteiger partial charge in [-0.25, -0.2) is 14.6 Å². The Morgan fingerprint density at radius 3 is 2.35 bits per heavy atom. The SMILES string of the molecule is O=c1[nH]c(=O)n(Cc2ccc(OCc3noc(-c4ccc(C(F)(F)F)cc4)n3)cc2)o1. The monoisotopic (exact) mass is 434 g/mol. The average molecular weight is 434 g/mol. The normalized spacial score (nSPS) is 11.6. The second-order valence-corrected chi connectivity index (χ2v) is 6.37. The van der Waals surface area contributed by atoms with E-state index in [4.69, 9.17) is 13.8 Å². The van der Waals surface area contributed by atoms with Crippen LogP contribution in [0.2, 0.25) is 0 Å². The van der Waals surface area contributed by atoms with Gasteiger partial charge < -0.3 is 13.8 Å². The first-order valence-electron chi connectivity index (χ1n) is 8.80. The second kappa shape index (κ2) is 7.97. The van der Waals surface area contributed by atoms with Crippen molar-refractivity contribution in [3.8, 4) is 17.2 Å². The third kappa shape index (κ3) is 4.74. The Balaban J connectivity index is 1.36. The molecule has 4 aromatic rings. The summed E-state index contributed by atoms with van der Waals surface area (Å²) in [5.74, 6) is -0.0750. The summed E-state index contributed by atoms with van der Waals surface area (Å²) in [6.07, 6.45) is -4.42. The van der Waals surface area contributed by atoms with E-state index in [1.807, 2.05) is 4.98 Å². The number of ether oxygens (including phenoxy) is 1. The van der Waals surface area contributed by atoms with E-state index in [0.29, 0.717) is 16.9 Å². The average Bonchev–Trinajstić information content (AvgIpc) is 3.33. The zero-order valence-corrected chi connectivity index (χ0v) is 15.5. The fourth-order valence-electron chi connectivity index (χ4n) is 2.65. The molecule has 0 atom stereocenters. The third-order valence-corrected chi connectivity index (χ3v) is 4.17. The molecule has 0 aliphatic heterocycles. The molecule has 0 saturated carbocycles. The molecule has 1 N–H and O–H groups in total. The highest BCUT2D eigenvalue weighted by Gasteiger charge is 2.30. The van der Waals surface area contributed by atoms with Crippen LogP contribution in [-0.4, -0.2) is 19.9 Å². The number of halogens is 3. The number of aromatic amines is 1. The Bertz CT molecular complexity index is 1280. The largest absolute Gasteiger partial charge is 0.485 e. The summed E-state index contributed by atoms with van der Waals surface area (Å²) in [6, 6.07) is 11.0. The molecule has 31 heavy (non-hydrogen) atoms. The Morgan fingerprint density at radius 2 is 1.74 bits per heavy atom. The standard InChI is InChI=1S/C19H13F3N4O5/c20-19(21,22)13-5-3-12(4-6-13)16-23-15(25-30-16)10-29-14-7-1-11(2-8-14)9-26-17(27)24-18(28)31-26/h1-8H,9-10H2,(H,24,27,28). The van der Waals surface area contributed by atoms with Crippen LogP contribution in [0.25, 0.3) is 11.5 Å². The fourth-order valence-corrected chi connectivity index (χ4v) is 2.65. The van der Waals surface area contributed by atoms with E-state index in [0.717, 1.165) is 16.9 Å². The van der Waals surface area contributed by atoms with Gasteiger partial charge in [0.2, 0.25) is 5.82 Å². The summed E-state index contributed by atoms with van der Waals surface area (Å²) in [6.45, 7) is 0.0365. The first-order chi connectivity index (χ1) is 14.8. The zero-order valence-electron chi connectivity index (χ0n) is 15.5. The maximum atomic E-state index is 12.6. The third-order valence-electron chi connectivity index (χ3n) is 4.17. The summed E-state index contributed by atoms with van der Waals surface area (Å²) in [4.78, 5) is 28.5. The van der Waals surface area contributed by atoms with Crippen LogP contribution in [0.1, 0.15) is 17.0 Å². The van der Waals surface area contributed by atoms with Gasteiger partial charge in [0.05, 0.1) is 12.1 Å². The molecule has 2 aromatic heterocycles. The van der Waals surface area contributed by atoms with Gasteiger partial charge in [-0.15, -0.1) is 4.74 Å². The minimum absolute atomic E-state index is 0.0321. The molecule has 0 unspecified atom stereocenters. The molecule has 4 rings (SSSR count). The first kappa shape index (κ1) is 20.2. The minimum Gasteiger partial charge on any atom is -0.485 e. The fraction of sp³-hybridized carbons (Fsp3) is 0.158. The highest BCUT2D eigenvalue weighted by molar-refractivity contribution is 5.53. The van der Waals surface area contributed by atoms with Crippen LogP contribution in [0.15, 0.2) is 67.2 Å². The molecule has 2 heterocycles. The van der Waals surface area contributed by atoms with Gasteiger partial charge in [0.15, 0.2) is 6.61 Å². The number of nitrogens with zero attached hydrogens (tertiary/aromatic N) is 3. The molecule has 0 saturated heterocycles. The van der Waals surface area contributed by atoms with Crippen molar-refractivity contribution in [3.63, 3.8) is 0 Å². The molecule has 0 aliphatic rings. The van der Waals surface area contributed by atoms with Crippen molar-refractivity contribution in [2.45, 2.75) is 19.3 Å². The number of H-pyrrole nitrogens is 1. The lowest BCUT2D eigenvalue weighted by Crippen LogP contribution is -2.17. The van der Waals surface area contributed by atoms with Crippen molar-refractivity contribution in [3.05, 3.63) is 86.5 Å². The Morgan fingerprint density at radius 1 is 1.03 bits per heavy atom. The lowest BCUT2D eigenvalue weighted by Gasteiger charge is -2.05. The summed E-state index contributed by atoms with van der Waals surface area (Å²) in [5, 5.41) is 3.75. The Kier molecular flexibility index (Phi) is 5.19. The van der Waals surface area contributed by atoms with E-state index in [9.17, 15) is 22.8 Å². The van der Waals surface area contributed by atoms with Crippen LogP contribution < -0.4 is 16.2 Å². The first-order valence-corrected chi connectivity index (χ1v) is 8.80. The summed E-state index contributed by atoms with van der Waals surface area (Å²) in [5.41, 5.74) is -0.373. The maximum Gasteiger partial charge on any atom is 0.440 e. The summed E-state index contributed by atoms with van der Waals surface area (Å²) in [7, 11) is 0. The number of hydrogen-bond acceptors (Lipinski definition) is 7. The van der Waals surface area contributed by atoms with E-state index in [2.05, 4.69) is 10.1 Å². The van der Waals surface area contributed by atoms with Gasteiger partial charge >= 0.3 is 17.6 Å². The molecule has 0 amide bonds. The van der Waals surface area contributed by atoms with Crippen LogP contribution in [-0.2, 0) is 19.3 Å². The number of alkyl halides is 3. The molecule has 12 heteroatoms. The zero-order chi connectivity index (χ0) is 22.0. The van der Waals surface area contributed by atoms with E-state index >= 15 is 0 Å². The van der Waals surface area contributed by atoms with Crippen molar-refractivity contribution in [1.29, 1.82) is 0 Å². The van der Waals surface area contributed by atoms with Crippen LogP contribution in [0.3, 0.4) is 0 Å². The highest BCUT2D eigenvalue weighted by Crippen LogP contribution is 2.30. The lowest BCUT2D eigenvalue weighted by molar-refractivity contribution is -0.137. The quantitative estimate of drug-likeness (QED) is 0.496. The number of nitrogens with one attached hydrogen (secondary N) is 1. The van der Waals surface area contributed by atoms with Gasteiger partial charge in [-0.2, -0.15) is 18.2 Å². The molecule has 0 fully saturated rings. The number of aromatic nitrogens is 4. The van der Waals surface area contributed by atoms with E-state index in [1.165, 1.54) is 12.1 Å². The van der Waals surface area contributed by atoms with E-state index < -0.39 is 23.2 Å². The minimum atomic E-state index is -4.42. The summed E-state index contributed by atoms with van der Waals surface area (Å²) >= 11 is 0. The highest BCUT2D eigenvalue weighted by atomic mass is 19.4. The van der Waals surface area contributed by atoms with Crippen LogP contribution >= 0.6 is 0 Å². The van der Waals surface area contributed by atoms with Crippen molar-refractivity contribution in [2.24, 2.45) is 0 Å². The molecular weight excluding hydrogens is 421 g/mol. The van der Waals surface area contributed by atoms with Gasteiger partial charge in [0, 0.05) is 5.56 Å². The summed E-state index contributed by atoms with van der Waals surface area (Å²) < 4.78 is 54.1. The second-order valence-electron chi connectivity index (χ2n) is 6.37. The van der Waals surface area contributed by atoms with Gasteiger partial charge in [0.25, 0.3) is 5.89 Å². The van der Waals surface area contributed by atoms with E-state index in [-0.39, 0.29) is 24.9 Å². The van der Waals surface area contributed by atoms with Crippen molar-refractivity contribution >= 4 is 0 Å². The number of rotatable bonds is 6. The lowest BCUT2D eigenvalue weighted by atomic mass is 10.1. The smallest absolute Gasteiger partial charge is 0.440 e. The molecule has 0 radical (unpaired) electrons. The molecule has 2 aromatic carbocycles. The van der Waals surface area contributed by atoms with Gasteiger partial charge in [-0.3, -0.25) is 0 Å². The van der Waals surface area contributed by atoms with Crippen LogP contribution in [0.5, 0.6) is 5.75 Å². The molecule has 0 spiro atoms. The number of benzene rings is 2. The molecule has 9 nitrogen and oxygen atoms in total. The van der Waals surface area contributed by atoms with E-state index in [1.54, 1.807) is 24.3 Å². The van der Waals surface area contributed by atoms with Crippen molar-refractivity contribution < 1.29 is 27.0 Å². The predicted molar refractivity (Wildman–Crippen MR) is 98.2 cm³/mol.